The zero-order valence-electron chi connectivity index (χ0n) is 15.7. The molecule has 0 fully saturated rings. The Morgan fingerprint density at radius 2 is 2.03 bits per heavy atom. The number of nitrogens with zero attached hydrogens (tertiary/aromatic N) is 4. The molecule has 0 radical (unpaired) electrons. The molecule has 0 unspecified atom stereocenters. The van der Waals surface area contributed by atoms with Crippen molar-refractivity contribution in [3.8, 4) is 0 Å². The number of allylic oxidation sites excluding steroid dienone is 1. The molecule has 0 saturated carbocycles. The monoisotopic (exact) mass is 406 g/mol. The van der Waals surface area contributed by atoms with Gasteiger partial charge in [0.1, 0.15) is 6.33 Å². The van der Waals surface area contributed by atoms with E-state index in [1.54, 1.807) is 36.2 Å². The zero-order chi connectivity index (χ0) is 20.4. The number of fused-ring (bicyclic) bond motifs is 1. The molecule has 1 heterocycles. The van der Waals surface area contributed by atoms with Gasteiger partial charge in [0.15, 0.2) is 10.9 Å². The first-order valence-electron chi connectivity index (χ1n) is 9.16. The Labute approximate surface area is 171 Å². The van der Waals surface area contributed by atoms with Gasteiger partial charge in [-0.1, -0.05) is 30.3 Å². The average Bonchev–Trinajstić information content (AvgIpc) is 3.05. The van der Waals surface area contributed by atoms with Gasteiger partial charge in [0.05, 0.1) is 9.82 Å². The summed E-state index contributed by atoms with van der Waals surface area (Å²) in [5.74, 6) is -0.00158. The van der Waals surface area contributed by atoms with Crippen LogP contribution in [-0.2, 0) is 13.5 Å². The first-order chi connectivity index (χ1) is 14.0. The topological polar surface area (TPSA) is 90.9 Å². The number of nitro groups is 1. The van der Waals surface area contributed by atoms with Crippen LogP contribution >= 0.6 is 11.8 Å². The minimum absolute atomic E-state index is 0.00158. The van der Waals surface area contributed by atoms with Crippen molar-refractivity contribution in [2.45, 2.75) is 29.3 Å². The lowest BCUT2D eigenvalue weighted by atomic mass is 9.98. The summed E-state index contributed by atoms with van der Waals surface area (Å²) in [6.45, 7) is 0. The van der Waals surface area contributed by atoms with Crippen molar-refractivity contribution >= 4 is 29.3 Å². The van der Waals surface area contributed by atoms with Crippen LogP contribution in [0.5, 0.6) is 0 Å². The molecule has 0 aliphatic heterocycles. The smallest absolute Gasteiger partial charge is 0.283 e. The fraction of sp³-hybridized carbons (Fsp3) is 0.190. The van der Waals surface area contributed by atoms with Gasteiger partial charge in [-0.3, -0.25) is 14.9 Å². The van der Waals surface area contributed by atoms with Crippen LogP contribution in [0.4, 0.5) is 5.69 Å². The van der Waals surface area contributed by atoms with Crippen molar-refractivity contribution in [2.24, 2.45) is 7.05 Å². The Balaban J connectivity index is 1.68. The van der Waals surface area contributed by atoms with Crippen molar-refractivity contribution in [1.29, 1.82) is 0 Å². The van der Waals surface area contributed by atoms with Gasteiger partial charge in [-0.2, -0.15) is 0 Å². The highest BCUT2D eigenvalue weighted by atomic mass is 32.2. The van der Waals surface area contributed by atoms with Crippen molar-refractivity contribution in [3.63, 3.8) is 0 Å². The molecule has 8 heteroatoms. The number of ketones is 1. The minimum Gasteiger partial charge on any atom is -0.311 e. The standard InChI is InChI=1S/C21H18N4O3S/c1-24-13-22-23-21(24)29-19-10-9-14(12-18(19)25(27)28)11-16-7-4-6-15-5-2-3-8-17(15)20(16)26/h2-3,5,8-13H,4,6-7H2,1H3. The highest BCUT2D eigenvalue weighted by Crippen LogP contribution is 2.35. The predicted molar refractivity (Wildman–Crippen MR) is 110 cm³/mol. The third-order valence-electron chi connectivity index (χ3n) is 4.84. The third kappa shape index (κ3) is 3.97. The van der Waals surface area contributed by atoms with E-state index in [0.29, 0.717) is 27.6 Å². The quantitative estimate of drug-likeness (QED) is 0.275. The molecule has 1 aromatic heterocycles. The molecule has 29 heavy (non-hydrogen) atoms. The summed E-state index contributed by atoms with van der Waals surface area (Å²) in [5.41, 5.74) is 3.08. The van der Waals surface area contributed by atoms with E-state index in [9.17, 15) is 14.9 Å². The number of carbonyl (C=O) groups excluding carboxylic acids is 1. The van der Waals surface area contributed by atoms with Crippen molar-refractivity contribution < 1.29 is 9.72 Å². The van der Waals surface area contributed by atoms with Gasteiger partial charge in [0.25, 0.3) is 5.69 Å². The Kier molecular flexibility index (Phi) is 5.26. The van der Waals surface area contributed by atoms with E-state index in [1.165, 1.54) is 17.8 Å². The highest BCUT2D eigenvalue weighted by molar-refractivity contribution is 7.99. The Morgan fingerprint density at radius 1 is 1.21 bits per heavy atom. The summed E-state index contributed by atoms with van der Waals surface area (Å²) in [4.78, 5) is 24.6. The molecule has 0 bridgehead atoms. The van der Waals surface area contributed by atoms with Gasteiger partial charge in [0.2, 0.25) is 0 Å². The Bertz CT molecular complexity index is 1140. The van der Waals surface area contributed by atoms with Gasteiger partial charge >= 0.3 is 0 Å². The van der Waals surface area contributed by atoms with Gasteiger partial charge in [-0.15, -0.1) is 10.2 Å². The second-order valence-corrected chi connectivity index (χ2v) is 7.83. The van der Waals surface area contributed by atoms with Crippen molar-refractivity contribution in [1.82, 2.24) is 14.8 Å². The van der Waals surface area contributed by atoms with Crippen LogP contribution in [0.2, 0.25) is 0 Å². The molecule has 0 spiro atoms. The summed E-state index contributed by atoms with van der Waals surface area (Å²) in [6.07, 6.45) is 5.69. The van der Waals surface area contributed by atoms with Crippen LogP contribution in [0.15, 0.2) is 64.4 Å². The Morgan fingerprint density at radius 3 is 2.79 bits per heavy atom. The number of hydrogen-bond acceptors (Lipinski definition) is 6. The molecular formula is C21H18N4O3S. The number of hydrogen-bond donors (Lipinski definition) is 0. The maximum Gasteiger partial charge on any atom is 0.283 e. The molecule has 2 aromatic carbocycles. The third-order valence-corrected chi connectivity index (χ3v) is 5.95. The minimum atomic E-state index is -0.412. The van der Waals surface area contributed by atoms with Crippen LogP contribution in [0.1, 0.15) is 34.3 Å². The molecule has 1 aliphatic carbocycles. The molecule has 0 amide bonds. The SMILES string of the molecule is Cn1cnnc1Sc1ccc(C=C2CCCc3ccccc3C2=O)cc1[N+](=O)[O-]. The Hall–Kier alpha value is -3.26. The normalized spacial score (nSPS) is 15.2. The van der Waals surface area contributed by atoms with Crippen LogP contribution < -0.4 is 0 Å². The van der Waals surface area contributed by atoms with E-state index in [-0.39, 0.29) is 11.5 Å². The summed E-state index contributed by atoms with van der Waals surface area (Å²) < 4.78 is 1.70. The predicted octanol–water partition coefficient (Wildman–Crippen LogP) is 4.48. The van der Waals surface area contributed by atoms with Gasteiger partial charge in [0, 0.05) is 24.3 Å². The van der Waals surface area contributed by atoms with Gasteiger partial charge < -0.3 is 4.57 Å². The molecule has 0 atom stereocenters. The maximum atomic E-state index is 13.0. The van der Waals surface area contributed by atoms with Crippen LogP contribution in [0.3, 0.4) is 0 Å². The van der Waals surface area contributed by atoms with Gasteiger partial charge in [-0.25, -0.2) is 0 Å². The number of nitro benzene ring substituents is 1. The largest absolute Gasteiger partial charge is 0.311 e. The molecule has 1 aliphatic rings. The van der Waals surface area contributed by atoms with Crippen LogP contribution in [0, 0.1) is 10.1 Å². The van der Waals surface area contributed by atoms with E-state index in [0.717, 1.165) is 24.0 Å². The van der Waals surface area contributed by atoms with Crippen LogP contribution in [-0.4, -0.2) is 25.5 Å². The summed E-state index contributed by atoms with van der Waals surface area (Å²) in [6, 6.07) is 12.6. The molecule has 4 rings (SSSR count). The number of aromatic nitrogens is 3. The van der Waals surface area contributed by atoms with E-state index >= 15 is 0 Å². The first-order valence-corrected chi connectivity index (χ1v) is 9.98. The average molecular weight is 406 g/mol. The highest BCUT2D eigenvalue weighted by Gasteiger charge is 2.21. The maximum absolute atomic E-state index is 13.0. The molecule has 146 valence electrons. The van der Waals surface area contributed by atoms with E-state index in [2.05, 4.69) is 10.2 Å². The second kappa shape index (κ2) is 8.00. The van der Waals surface area contributed by atoms with E-state index in [1.807, 2.05) is 24.3 Å². The zero-order valence-corrected chi connectivity index (χ0v) is 16.6. The summed E-state index contributed by atoms with van der Waals surface area (Å²) >= 11 is 1.19. The molecule has 0 saturated heterocycles. The second-order valence-electron chi connectivity index (χ2n) is 6.82. The number of aryl methyl sites for hydroxylation is 2. The number of benzene rings is 2. The van der Waals surface area contributed by atoms with E-state index < -0.39 is 4.92 Å². The first kappa shape index (κ1) is 19.1. The molecule has 3 aromatic rings. The number of carbonyl (C=O) groups is 1. The lowest BCUT2D eigenvalue weighted by molar-refractivity contribution is -0.387. The fourth-order valence-corrected chi connectivity index (χ4v) is 4.22. The summed E-state index contributed by atoms with van der Waals surface area (Å²) in [7, 11) is 1.78. The lowest BCUT2D eigenvalue weighted by Crippen LogP contribution is -2.03. The van der Waals surface area contributed by atoms with Crippen molar-refractivity contribution in [2.75, 3.05) is 0 Å². The molecule has 0 N–H and O–H groups in total. The number of rotatable bonds is 4. The molecule has 7 nitrogen and oxygen atoms in total. The molecular weight excluding hydrogens is 388 g/mol. The van der Waals surface area contributed by atoms with Gasteiger partial charge in [-0.05, 0) is 54.3 Å². The van der Waals surface area contributed by atoms with Crippen molar-refractivity contribution in [3.05, 3.63) is 81.2 Å². The number of Topliss-reactive ketones (excluding diaryl/α,β-unsaturated/α-hetero) is 1. The summed E-state index contributed by atoms with van der Waals surface area (Å²) in [5, 5.41) is 20.0. The van der Waals surface area contributed by atoms with Crippen LogP contribution in [0.25, 0.3) is 6.08 Å². The van der Waals surface area contributed by atoms with E-state index in [4.69, 9.17) is 0 Å². The fourth-order valence-electron chi connectivity index (χ4n) is 3.37. The lowest BCUT2D eigenvalue weighted by Gasteiger charge is -2.06.